The number of benzene rings is 2. The second kappa shape index (κ2) is 7.84. The number of halogens is 3. The van der Waals surface area contributed by atoms with Gasteiger partial charge in [0.25, 0.3) is 0 Å². The van der Waals surface area contributed by atoms with Crippen LogP contribution in [0.1, 0.15) is 50.8 Å². The Balaban J connectivity index is 1.83. The van der Waals surface area contributed by atoms with Gasteiger partial charge in [-0.05, 0) is 54.5 Å². The van der Waals surface area contributed by atoms with Crippen LogP contribution in [-0.4, -0.2) is 21.4 Å². The van der Waals surface area contributed by atoms with E-state index in [0.29, 0.717) is 22.9 Å². The quantitative estimate of drug-likeness (QED) is 0.321. The number of hydrogen-bond donors (Lipinski definition) is 0. The molecule has 1 atom stereocenters. The fourth-order valence-corrected chi connectivity index (χ4v) is 4.86. The summed E-state index contributed by atoms with van der Waals surface area (Å²) in [5, 5.41) is 5.99. The van der Waals surface area contributed by atoms with Crippen molar-refractivity contribution in [2.24, 2.45) is 0 Å². The van der Waals surface area contributed by atoms with Crippen molar-refractivity contribution in [3.63, 3.8) is 0 Å². The zero-order valence-electron chi connectivity index (χ0n) is 17.3. The molecule has 2 aromatic heterocycles. The third-order valence-electron chi connectivity index (χ3n) is 5.90. The Morgan fingerprint density at radius 3 is 2.61 bits per heavy atom. The highest BCUT2D eigenvalue weighted by molar-refractivity contribution is 6.31. The Bertz CT molecular complexity index is 1280. The van der Waals surface area contributed by atoms with Crippen LogP contribution in [0.2, 0.25) is 5.15 Å². The number of ether oxygens (including phenoxy) is 1. The first-order chi connectivity index (χ1) is 15.0. The molecule has 0 spiro atoms. The van der Waals surface area contributed by atoms with Gasteiger partial charge in [0.2, 0.25) is 0 Å². The number of aromatic nitrogens is 3. The van der Waals surface area contributed by atoms with Gasteiger partial charge in [0.05, 0.1) is 6.20 Å². The summed E-state index contributed by atoms with van der Waals surface area (Å²) < 4.78 is 36.9. The number of nitrogens with zero attached hydrogens (tertiary/aromatic N) is 3. The van der Waals surface area contributed by atoms with Crippen LogP contribution in [0.5, 0.6) is 0 Å². The minimum absolute atomic E-state index is 0.0431. The highest BCUT2D eigenvalue weighted by Gasteiger charge is 2.25. The number of rotatable bonds is 3. The average Bonchev–Trinajstić information content (AvgIpc) is 3.19. The van der Waals surface area contributed by atoms with Crippen molar-refractivity contribution in [3.05, 3.63) is 58.9 Å². The molecule has 5 rings (SSSR count). The monoisotopic (exact) mass is 441 g/mol. The summed E-state index contributed by atoms with van der Waals surface area (Å²) in [6.45, 7) is 4.65. The molecule has 0 aliphatic carbocycles. The zero-order valence-corrected chi connectivity index (χ0v) is 18.1. The van der Waals surface area contributed by atoms with Gasteiger partial charge in [-0.2, -0.15) is 5.10 Å². The Hall–Kier alpha value is -2.57. The summed E-state index contributed by atoms with van der Waals surface area (Å²) in [5.74, 6) is -0.761. The van der Waals surface area contributed by atoms with E-state index in [0.717, 1.165) is 36.0 Å². The lowest BCUT2D eigenvalue weighted by atomic mass is 9.90. The third kappa shape index (κ3) is 3.38. The Morgan fingerprint density at radius 1 is 1.16 bits per heavy atom. The van der Waals surface area contributed by atoms with E-state index in [9.17, 15) is 4.39 Å². The molecule has 3 heterocycles. The first-order valence-corrected chi connectivity index (χ1v) is 10.9. The standard InChI is InChI=1S/C24H22ClF2N3O/c1-13(2)19-20(14-6-8-16(26)9-7-14)17-11-15-12-28-30(18-5-3-4-10-31-18)23(15)21(27)22(17)29-24(19)25/h6-9,11-13,18H,3-5,10H2,1-2H3. The summed E-state index contributed by atoms with van der Waals surface area (Å²) >= 11 is 6.57. The predicted octanol–water partition coefficient (Wildman–Crippen LogP) is 7.01. The maximum absolute atomic E-state index is 15.9. The van der Waals surface area contributed by atoms with Gasteiger partial charge in [0.15, 0.2) is 12.0 Å². The molecule has 1 saturated heterocycles. The lowest BCUT2D eigenvalue weighted by molar-refractivity contribution is -0.0369. The Kier molecular flexibility index (Phi) is 5.15. The molecule has 0 N–H and O–H groups in total. The van der Waals surface area contributed by atoms with Crippen molar-refractivity contribution >= 4 is 33.4 Å². The molecule has 0 saturated carbocycles. The SMILES string of the molecule is CC(C)c1c(Cl)nc2c(F)c3c(cnn3C3CCCCO3)cc2c1-c1ccc(F)cc1. The van der Waals surface area contributed by atoms with Gasteiger partial charge in [-0.25, -0.2) is 18.4 Å². The van der Waals surface area contributed by atoms with E-state index >= 15 is 4.39 Å². The van der Waals surface area contributed by atoms with Gasteiger partial charge in [0, 0.05) is 22.9 Å². The molecule has 1 aliphatic heterocycles. The maximum atomic E-state index is 15.9. The van der Waals surface area contributed by atoms with Crippen molar-refractivity contribution in [1.29, 1.82) is 0 Å². The van der Waals surface area contributed by atoms with Crippen molar-refractivity contribution in [2.75, 3.05) is 6.61 Å². The number of hydrogen-bond acceptors (Lipinski definition) is 3. The summed E-state index contributed by atoms with van der Waals surface area (Å²) in [5.41, 5.74) is 2.89. The van der Waals surface area contributed by atoms with Gasteiger partial charge in [-0.1, -0.05) is 37.6 Å². The van der Waals surface area contributed by atoms with Crippen LogP contribution >= 0.6 is 11.6 Å². The van der Waals surface area contributed by atoms with E-state index in [-0.39, 0.29) is 28.6 Å². The Morgan fingerprint density at radius 2 is 1.94 bits per heavy atom. The van der Waals surface area contributed by atoms with Crippen molar-refractivity contribution in [3.8, 4) is 11.1 Å². The van der Waals surface area contributed by atoms with Crippen molar-refractivity contribution in [1.82, 2.24) is 14.8 Å². The zero-order chi connectivity index (χ0) is 21.7. The lowest BCUT2D eigenvalue weighted by Crippen LogP contribution is -2.19. The third-order valence-corrected chi connectivity index (χ3v) is 6.19. The minimum Gasteiger partial charge on any atom is -0.356 e. The average molecular weight is 442 g/mol. The molecule has 1 unspecified atom stereocenters. The molecule has 4 aromatic rings. The predicted molar refractivity (Wildman–Crippen MR) is 118 cm³/mol. The topological polar surface area (TPSA) is 39.9 Å². The molecule has 0 radical (unpaired) electrons. The normalized spacial score (nSPS) is 17.2. The summed E-state index contributed by atoms with van der Waals surface area (Å²) in [6.07, 6.45) is 4.17. The smallest absolute Gasteiger partial charge is 0.175 e. The van der Waals surface area contributed by atoms with Gasteiger partial charge < -0.3 is 4.74 Å². The summed E-state index contributed by atoms with van der Waals surface area (Å²) in [6, 6.07) is 8.06. The molecule has 0 bridgehead atoms. The van der Waals surface area contributed by atoms with Crippen LogP contribution in [0, 0.1) is 11.6 Å². The summed E-state index contributed by atoms with van der Waals surface area (Å²) in [7, 11) is 0. The second-order valence-electron chi connectivity index (χ2n) is 8.29. The molecule has 0 amide bonds. The van der Waals surface area contributed by atoms with Crippen LogP contribution in [0.3, 0.4) is 0 Å². The van der Waals surface area contributed by atoms with Crippen LogP contribution < -0.4 is 0 Å². The van der Waals surface area contributed by atoms with Gasteiger partial charge in [0.1, 0.15) is 22.0 Å². The van der Waals surface area contributed by atoms with E-state index in [1.54, 1.807) is 23.0 Å². The maximum Gasteiger partial charge on any atom is 0.175 e. The van der Waals surface area contributed by atoms with Crippen LogP contribution in [0.15, 0.2) is 36.5 Å². The van der Waals surface area contributed by atoms with Crippen molar-refractivity contribution < 1.29 is 13.5 Å². The van der Waals surface area contributed by atoms with E-state index in [1.165, 1.54) is 12.1 Å². The highest BCUT2D eigenvalue weighted by Crippen LogP contribution is 2.42. The fourth-order valence-electron chi connectivity index (χ4n) is 4.46. The first kappa shape index (κ1) is 20.3. The first-order valence-electron chi connectivity index (χ1n) is 10.5. The van der Waals surface area contributed by atoms with Gasteiger partial charge in [-0.3, -0.25) is 0 Å². The fraction of sp³-hybridized carbons (Fsp3) is 0.333. The molecular weight excluding hydrogens is 420 g/mol. The molecule has 4 nitrogen and oxygen atoms in total. The van der Waals surface area contributed by atoms with E-state index in [1.807, 2.05) is 19.9 Å². The molecule has 7 heteroatoms. The largest absolute Gasteiger partial charge is 0.356 e. The van der Waals surface area contributed by atoms with E-state index in [2.05, 4.69) is 10.1 Å². The molecular formula is C24H22ClF2N3O. The second-order valence-corrected chi connectivity index (χ2v) is 8.65. The molecule has 1 aliphatic rings. The molecule has 160 valence electrons. The Labute approximate surface area is 183 Å². The van der Waals surface area contributed by atoms with Crippen LogP contribution in [0.25, 0.3) is 32.9 Å². The highest BCUT2D eigenvalue weighted by atomic mass is 35.5. The van der Waals surface area contributed by atoms with E-state index < -0.39 is 5.82 Å². The van der Waals surface area contributed by atoms with Crippen molar-refractivity contribution in [2.45, 2.75) is 45.3 Å². The number of fused-ring (bicyclic) bond motifs is 2. The van der Waals surface area contributed by atoms with Gasteiger partial charge >= 0.3 is 0 Å². The van der Waals surface area contributed by atoms with Gasteiger partial charge in [-0.15, -0.1) is 0 Å². The number of pyridine rings is 1. The molecule has 31 heavy (non-hydrogen) atoms. The van der Waals surface area contributed by atoms with E-state index in [4.69, 9.17) is 16.3 Å². The summed E-state index contributed by atoms with van der Waals surface area (Å²) in [4.78, 5) is 4.45. The van der Waals surface area contributed by atoms with Crippen LogP contribution in [0.4, 0.5) is 8.78 Å². The minimum atomic E-state index is -0.472. The lowest BCUT2D eigenvalue weighted by Gasteiger charge is -2.24. The molecule has 2 aromatic carbocycles. The molecule has 1 fully saturated rings. The van der Waals surface area contributed by atoms with Crippen LogP contribution in [-0.2, 0) is 4.74 Å².